The maximum atomic E-state index is 11.9. The Morgan fingerprint density at radius 2 is 1.86 bits per heavy atom. The zero-order chi connectivity index (χ0) is 19.5. The molecule has 0 aliphatic rings. The van der Waals surface area contributed by atoms with Crippen LogP contribution in [-0.2, 0) is 13.0 Å². The van der Waals surface area contributed by atoms with Gasteiger partial charge in [-0.3, -0.25) is 0 Å². The zero-order valence-electron chi connectivity index (χ0n) is 15.5. The van der Waals surface area contributed by atoms with Crippen molar-refractivity contribution in [1.82, 2.24) is 0 Å². The molecule has 1 heterocycles. The molecule has 3 aromatic carbocycles. The third kappa shape index (κ3) is 3.51. The van der Waals surface area contributed by atoms with Gasteiger partial charge in [-0.25, -0.2) is 4.79 Å². The molecular weight excluding hydrogens is 368 g/mol. The van der Waals surface area contributed by atoms with E-state index in [1.54, 1.807) is 17.4 Å². The minimum absolute atomic E-state index is 0.358. The molecule has 0 aliphatic heterocycles. The summed E-state index contributed by atoms with van der Waals surface area (Å²) in [4.78, 5) is 11.9. The van der Waals surface area contributed by atoms with E-state index in [-0.39, 0.29) is 0 Å². The lowest BCUT2D eigenvalue weighted by atomic mass is 9.91. The normalized spacial score (nSPS) is 10.9. The van der Waals surface area contributed by atoms with Gasteiger partial charge in [0.15, 0.2) is 0 Å². The average molecular weight is 388 g/mol. The van der Waals surface area contributed by atoms with Crippen molar-refractivity contribution in [3.8, 4) is 16.9 Å². The van der Waals surface area contributed by atoms with Gasteiger partial charge in [0, 0.05) is 0 Å². The zero-order valence-corrected chi connectivity index (χ0v) is 16.3. The van der Waals surface area contributed by atoms with E-state index in [1.807, 2.05) is 72.3 Å². The molecule has 4 heteroatoms. The predicted octanol–water partition coefficient (Wildman–Crippen LogP) is 6.41. The Hall–Kier alpha value is -3.11. The number of benzene rings is 3. The smallest absolute Gasteiger partial charge is 0.336 e. The summed E-state index contributed by atoms with van der Waals surface area (Å²) in [5.41, 5.74) is 4.28. The fourth-order valence-electron chi connectivity index (χ4n) is 3.52. The Morgan fingerprint density at radius 3 is 2.54 bits per heavy atom. The quantitative estimate of drug-likeness (QED) is 0.415. The Balaban J connectivity index is 1.83. The number of fused-ring (bicyclic) bond motifs is 1. The van der Waals surface area contributed by atoms with Crippen LogP contribution in [0, 0.1) is 0 Å². The summed E-state index contributed by atoms with van der Waals surface area (Å²) >= 11 is 1.60. The molecule has 0 unspecified atom stereocenters. The van der Waals surface area contributed by atoms with Crippen molar-refractivity contribution in [2.75, 3.05) is 0 Å². The SMILES string of the molecule is CCc1c(C(=O)O)cc(-c2ccsc2)c2ccc(OCc3ccccc3)cc12. The molecular formula is C24H20O3S. The molecule has 0 fully saturated rings. The van der Waals surface area contributed by atoms with Crippen molar-refractivity contribution in [2.24, 2.45) is 0 Å². The van der Waals surface area contributed by atoms with Gasteiger partial charge in [0.05, 0.1) is 5.56 Å². The summed E-state index contributed by atoms with van der Waals surface area (Å²) in [6.07, 6.45) is 0.643. The van der Waals surface area contributed by atoms with Crippen LogP contribution in [0.4, 0.5) is 0 Å². The van der Waals surface area contributed by atoms with Gasteiger partial charge in [-0.05, 0) is 74.5 Å². The highest BCUT2D eigenvalue weighted by molar-refractivity contribution is 7.08. The van der Waals surface area contributed by atoms with Gasteiger partial charge in [0.25, 0.3) is 0 Å². The van der Waals surface area contributed by atoms with Gasteiger partial charge in [0.2, 0.25) is 0 Å². The molecule has 3 nitrogen and oxygen atoms in total. The number of rotatable bonds is 6. The lowest BCUT2D eigenvalue weighted by molar-refractivity contribution is 0.0696. The number of ether oxygens (including phenoxy) is 1. The highest BCUT2D eigenvalue weighted by Crippen LogP contribution is 2.36. The van der Waals surface area contributed by atoms with E-state index < -0.39 is 5.97 Å². The summed E-state index contributed by atoms with van der Waals surface area (Å²) in [5.74, 6) is -0.157. The summed E-state index contributed by atoms with van der Waals surface area (Å²) in [6.45, 7) is 2.47. The van der Waals surface area contributed by atoms with E-state index in [2.05, 4.69) is 0 Å². The molecule has 0 saturated carbocycles. The molecule has 0 aliphatic carbocycles. The number of hydrogen-bond donors (Lipinski definition) is 1. The molecule has 0 radical (unpaired) electrons. The van der Waals surface area contributed by atoms with Gasteiger partial charge >= 0.3 is 5.97 Å². The minimum atomic E-state index is -0.897. The summed E-state index contributed by atoms with van der Waals surface area (Å²) in [6, 6.07) is 19.8. The van der Waals surface area contributed by atoms with Gasteiger partial charge in [-0.1, -0.05) is 43.3 Å². The molecule has 0 bridgehead atoms. The molecule has 4 rings (SSSR count). The van der Waals surface area contributed by atoms with Crippen LogP contribution >= 0.6 is 11.3 Å². The van der Waals surface area contributed by atoms with Crippen LogP contribution in [-0.4, -0.2) is 11.1 Å². The van der Waals surface area contributed by atoms with E-state index in [1.165, 1.54) is 0 Å². The number of aromatic carboxylic acids is 1. The number of carboxylic acid groups (broad SMARTS) is 1. The lowest BCUT2D eigenvalue weighted by Gasteiger charge is -2.15. The van der Waals surface area contributed by atoms with E-state index in [0.717, 1.165) is 38.8 Å². The lowest BCUT2D eigenvalue weighted by Crippen LogP contribution is -2.04. The van der Waals surface area contributed by atoms with Crippen LogP contribution in [0.25, 0.3) is 21.9 Å². The number of carboxylic acids is 1. The van der Waals surface area contributed by atoms with Crippen LogP contribution in [0.3, 0.4) is 0 Å². The van der Waals surface area contributed by atoms with E-state index >= 15 is 0 Å². The van der Waals surface area contributed by atoms with Gasteiger partial charge in [-0.15, -0.1) is 0 Å². The highest BCUT2D eigenvalue weighted by Gasteiger charge is 2.17. The summed E-state index contributed by atoms with van der Waals surface area (Å²) in [7, 11) is 0. The van der Waals surface area contributed by atoms with Crippen LogP contribution in [0.5, 0.6) is 5.75 Å². The van der Waals surface area contributed by atoms with Crippen LogP contribution in [0.1, 0.15) is 28.4 Å². The first-order chi connectivity index (χ1) is 13.7. The first-order valence-corrected chi connectivity index (χ1v) is 10.1. The van der Waals surface area contributed by atoms with Crippen molar-refractivity contribution in [3.63, 3.8) is 0 Å². The maximum Gasteiger partial charge on any atom is 0.336 e. The highest BCUT2D eigenvalue weighted by atomic mass is 32.1. The second kappa shape index (κ2) is 7.87. The predicted molar refractivity (Wildman–Crippen MR) is 114 cm³/mol. The number of hydrogen-bond acceptors (Lipinski definition) is 3. The third-order valence-electron chi connectivity index (χ3n) is 4.88. The van der Waals surface area contributed by atoms with Crippen molar-refractivity contribution < 1.29 is 14.6 Å². The maximum absolute atomic E-state index is 11.9. The Morgan fingerprint density at radius 1 is 1.04 bits per heavy atom. The molecule has 140 valence electrons. The number of thiophene rings is 1. The number of carbonyl (C=O) groups is 1. The topological polar surface area (TPSA) is 46.5 Å². The largest absolute Gasteiger partial charge is 0.489 e. The molecule has 0 saturated heterocycles. The molecule has 28 heavy (non-hydrogen) atoms. The Bertz CT molecular complexity index is 1120. The number of aryl methyl sites for hydroxylation is 1. The van der Waals surface area contributed by atoms with Crippen molar-refractivity contribution in [3.05, 3.63) is 88.1 Å². The monoisotopic (exact) mass is 388 g/mol. The third-order valence-corrected chi connectivity index (χ3v) is 5.57. The summed E-state index contributed by atoms with van der Waals surface area (Å²) in [5, 5.41) is 15.8. The first kappa shape index (κ1) is 18.3. The fraction of sp³-hybridized carbons (Fsp3) is 0.125. The molecule has 4 aromatic rings. The van der Waals surface area contributed by atoms with Crippen molar-refractivity contribution >= 4 is 28.1 Å². The van der Waals surface area contributed by atoms with Gasteiger partial charge < -0.3 is 9.84 Å². The Kier molecular flexibility index (Phi) is 5.13. The second-order valence-electron chi connectivity index (χ2n) is 6.60. The first-order valence-electron chi connectivity index (χ1n) is 9.19. The standard InChI is InChI=1S/C24H20O3S/c1-2-19-22-12-18(27-14-16-6-4-3-5-7-16)8-9-20(22)21(13-23(19)24(25)26)17-10-11-28-15-17/h3-13,15H,2,14H2,1H3,(H,25,26). The van der Waals surface area contributed by atoms with Crippen LogP contribution in [0.2, 0.25) is 0 Å². The van der Waals surface area contributed by atoms with E-state index in [9.17, 15) is 9.90 Å². The molecule has 0 atom stereocenters. The average Bonchev–Trinajstić information content (AvgIpc) is 3.26. The van der Waals surface area contributed by atoms with E-state index in [0.29, 0.717) is 18.6 Å². The van der Waals surface area contributed by atoms with Crippen molar-refractivity contribution in [2.45, 2.75) is 20.0 Å². The van der Waals surface area contributed by atoms with E-state index in [4.69, 9.17) is 4.74 Å². The molecule has 1 aromatic heterocycles. The Labute approximate surface area is 167 Å². The van der Waals surface area contributed by atoms with Gasteiger partial charge in [0.1, 0.15) is 12.4 Å². The second-order valence-corrected chi connectivity index (χ2v) is 7.38. The molecule has 0 spiro atoms. The summed E-state index contributed by atoms with van der Waals surface area (Å²) < 4.78 is 5.99. The van der Waals surface area contributed by atoms with Crippen LogP contribution in [0.15, 0.2) is 71.4 Å². The minimum Gasteiger partial charge on any atom is -0.489 e. The molecule has 0 amide bonds. The van der Waals surface area contributed by atoms with Crippen LogP contribution < -0.4 is 4.74 Å². The molecule has 1 N–H and O–H groups in total. The fourth-order valence-corrected chi connectivity index (χ4v) is 4.18. The van der Waals surface area contributed by atoms with Gasteiger partial charge in [-0.2, -0.15) is 11.3 Å². The van der Waals surface area contributed by atoms with Crippen molar-refractivity contribution in [1.29, 1.82) is 0 Å².